The molecule has 1 N–H and O–H groups in total. The summed E-state index contributed by atoms with van der Waals surface area (Å²) >= 11 is 0. The van der Waals surface area contributed by atoms with E-state index in [1.807, 2.05) is 23.1 Å². The van der Waals surface area contributed by atoms with Gasteiger partial charge in [0.1, 0.15) is 5.82 Å². The number of hydrogen-bond acceptors (Lipinski definition) is 5. The highest BCUT2D eigenvalue weighted by molar-refractivity contribution is 7.92. The van der Waals surface area contributed by atoms with E-state index in [4.69, 9.17) is 0 Å². The Morgan fingerprint density at radius 3 is 2.37 bits per heavy atom. The van der Waals surface area contributed by atoms with Gasteiger partial charge >= 0.3 is 0 Å². The van der Waals surface area contributed by atoms with E-state index in [0.717, 1.165) is 30.7 Å². The van der Waals surface area contributed by atoms with Crippen LogP contribution in [0, 0.1) is 0 Å². The second kappa shape index (κ2) is 8.22. The fourth-order valence-corrected chi connectivity index (χ4v) is 3.41. The van der Waals surface area contributed by atoms with Crippen molar-refractivity contribution in [3.05, 3.63) is 60.3 Å². The van der Waals surface area contributed by atoms with Gasteiger partial charge in [-0.2, -0.15) is 0 Å². The van der Waals surface area contributed by atoms with Crippen molar-refractivity contribution in [1.29, 1.82) is 0 Å². The van der Waals surface area contributed by atoms with E-state index in [-0.39, 0.29) is 5.91 Å². The summed E-state index contributed by atoms with van der Waals surface area (Å²) in [6.45, 7) is 2.80. The van der Waals surface area contributed by atoms with Crippen LogP contribution in [0.15, 0.2) is 54.7 Å². The second-order valence-electron chi connectivity index (χ2n) is 6.33. The molecule has 3 rings (SSSR count). The molecule has 142 valence electrons. The molecule has 0 atom stereocenters. The highest BCUT2D eigenvalue weighted by Gasteiger charge is 2.20. The second-order valence-corrected chi connectivity index (χ2v) is 8.08. The molecule has 0 saturated carbocycles. The molecule has 1 aliphatic heterocycles. The van der Waals surface area contributed by atoms with Gasteiger partial charge in [0.05, 0.1) is 6.26 Å². The normalized spacial score (nSPS) is 15.1. The first-order valence-electron chi connectivity index (χ1n) is 8.61. The van der Waals surface area contributed by atoms with E-state index in [2.05, 4.69) is 14.6 Å². The molecule has 2 aromatic rings. The van der Waals surface area contributed by atoms with Gasteiger partial charge in [0.25, 0.3) is 0 Å². The Labute approximate surface area is 159 Å². The van der Waals surface area contributed by atoms with E-state index < -0.39 is 10.0 Å². The lowest BCUT2D eigenvalue weighted by Gasteiger charge is -2.34. The Balaban J connectivity index is 1.53. The Morgan fingerprint density at radius 2 is 1.78 bits per heavy atom. The van der Waals surface area contributed by atoms with Crippen LogP contribution in [0.5, 0.6) is 0 Å². The number of nitrogens with zero attached hydrogens (tertiary/aromatic N) is 3. The summed E-state index contributed by atoms with van der Waals surface area (Å²) < 4.78 is 24.8. The fraction of sp³-hybridized carbons (Fsp3) is 0.263. The summed E-state index contributed by atoms with van der Waals surface area (Å²) in [6.07, 6.45) is 6.16. The number of amides is 1. The van der Waals surface area contributed by atoms with E-state index in [1.165, 1.54) is 0 Å². The number of benzene rings is 1. The molecule has 1 amide bonds. The summed E-state index contributed by atoms with van der Waals surface area (Å²) in [5.74, 6) is 0.900. The molecule has 2 heterocycles. The molecule has 7 nitrogen and oxygen atoms in total. The molecule has 27 heavy (non-hydrogen) atoms. The highest BCUT2D eigenvalue weighted by Crippen LogP contribution is 2.14. The van der Waals surface area contributed by atoms with Crippen LogP contribution in [-0.4, -0.2) is 56.6 Å². The van der Waals surface area contributed by atoms with E-state index in [0.29, 0.717) is 18.8 Å². The van der Waals surface area contributed by atoms with E-state index >= 15 is 0 Å². The van der Waals surface area contributed by atoms with Gasteiger partial charge in [-0.1, -0.05) is 18.2 Å². The molecule has 0 unspecified atom stereocenters. The summed E-state index contributed by atoms with van der Waals surface area (Å²) in [6, 6.07) is 12.7. The average molecular weight is 386 g/mol. The molecular formula is C19H22N4O3S. The molecule has 1 saturated heterocycles. The van der Waals surface area contributed by atoms with Crippen molar-refractivity contribution in [2.75, 3.05) is 42.1 Å². The zero-order chi connectivity index (χ0) is 19.3. The maximum absolute atomic E-state index is 12.4. The summed E-state index contributed by atoms with van der Waals surface area (Å²) in [5.41, 5.74) is 1.32. The summed E-state index contributed by atoms with van der Waals surface area (Å²) in [4.78, 5) is 20.7. The van der Waals surface area contributed by atoms with Crippen molar-refractivity contribution in [3.8, 4) is 0 Å². The fourth-order valence-electron chi connectivity index (χ4n) is 2.85. The van der Waals surface area contributed by atoms with Crippen molar-refractivity contribution < 1.29 is 13.2 Å². The van der Waals surface area contributed by atoms with Crippen molar-refractivity contribution in [2.24, 2.45) is 0 Å². The van der Waals surface area contributed by atoms with Gasteiger partial charge in [0.2, 0.25) is 15.9 Å². The van der Waals surface area contributed by atoms with Crippen LogP contribution in [0.1, 0.15) is 5.56 Å². The maximum atomic E-state index is 12.4. The molecule has 0 radical (unpaired) electrons. The highest BCUT2D eigenvalue weighted by atomic mass is 32.2. The lowest BCUT2D eigenvalue weighted by molar-refractivity contribution is -0.126. The molecule has 1 fully saturated rings. The third-order valence-electron chi connectivity index (χ3n) is 4.20. The number of sulfonamides is 1. The maximum Gasteiger partial charge on any atom is 0.246 e. The smallest absolute Gasteiger partial charge is 0.246 e. The number of pyridine rings is 1. The monoisotopic (exact) mass is 386 g/mol. The van der Waals surface area contributed by atoms with Gasteiger partial charge in [0.15, 0.2) is 0 Å². The number of rotatable bonds is 5. The minimum atomic E-state index is -3.29. The van der Waals surface area contributed by atoms with Crippen LogP contribution in [-0.2, 0) is 14.8 Å². The van der Waals surface area contributed by atoms with Crippen molar-refractivity contribution in [1.82, 2.24) is 9.88 Å². The van der Waals surface area contributed by atoms with Gasteiger partial charge in [0, 0.05) is 44.1 Å². The standard InChI is InChI=1S/C19H22N4O3S/c1-27(25,26)21-17-8-5-16(6-9-17)7-10-19(24)23-14-12-22(13-15-23)18-4-2-3-11-20-18/h2-11,21H,12-15H2,1H3/b10-7+. The first kappa shape index (κ1) is 18.9. The molecule has 1 aliphatic rings. The Hall–Kier alpha value is -2.87. The molecule has 8 heteroatoms. The van der Waals surface area contributed by atoms with Gasteiger partial charge < -0.3 is 9.80 Å². The minimum absolute atomic E-state index is 0.0333. The molecule has 0 aliphatic carbocycles. The number of nitrogens with one attached hydrogen (secondary N) is 1. The van der Waals surface area contributed by atoms with Gasteiger partial charge in [-0.15, -0.1) is 0 Å². The number of hydrogen-bond donors (Lipinski definition) is 1. The number of carbonyl (C=O) groups is 1. The van der Waals surface area contributed by atoms with Crippen molar-refractivity contribution in [3.63, 3.8) is 0 Å². The molecule has 0 bridgehead atoms. The molecule has 1 aromatic carbocycles. The zero-order valence-electron chi connectivity index (χ0n) is 15.1. The first-order chi connectivity index (χ1) is 12.9. The van der Waals surface area contributed by atoms with Crippen molar-refractivity contribution >= 4 is 33.5 Å². The van der Waals surface area contributed by atoms with Crippen LogP contribution >= 0.6 is 0 Å². The summed E-state index contributed by atoms with van der Waals surface area (Å²) in [7, 11) is -3.29. The van der Waals surface area contributed by atoms with E-state index in [9.17, 15) is 13.2 Å². The summed E-state index contributed by atoms with van der Waals surface area (Å²) in [5, 5.41) is 0. The number of piperazine rings is 1. The predicted octanol–water partition coefficient (Wildman–Crippen LogP) is 1.82. The lowest BCUT2D eigenvalue weighted by Crippen LogP contribution is -2.48. The number of carbonyl (C=O) groups excluding carboxylic acids is 1. The molecule has 1 aromatic heterocycles. The Kier molecular flexibility index (Phi) is 5.75. The third kappa shape index (κ3) is 5.55. The van der Waals surface area contributed by atoms with Crippen LogP contribution in [0.4, 0.5) is 11.5 Å². The number of aromatic nitrogens is 1. The third-order valence-corrected chi connectivity index (χ3v) is 4.80. The van der Waals surface area contributed by atoms with Gasteiger partial charge in [-0.25, -0.2) is 13.4 Å². The van der Waals surface area contributed by atoms with Gasteiger partial charge in [-0.3, -0.25) is 9.52 Å². The average Bonchev–Trinajstić information content (AvgIpc) is 2.67. The topological polar surface area (TPSA) is 82.6 Å². The molecular weight excluding hydrogens is 364 g/mol. The van der Waals surface area contributed by atoms with E-state index in [1.54, 1.807) is 42.6 Å². The predicted molar refractivity (Wildman–Crippen MR) is 107 cm³/mol. The van der Waals surface area contributed by atoms with Crippen LogP contribution in [0.25, 0.3) is 6.08 Å². The number of anilines is 2. The van der Waals surface area contributed by atoms with Crippen molar-refractivity contribution in [2.45, 2.75) is 0 Å². The quantitative estimate of drug-likeness (QED) is 0.793. The first-order valence-corrected chi connectivity index (χ1v) is 10.5. The molecule has 0 spiro atoms. The Bertz CT molecular complexity index is 904. The zero-order valence-corrected chi connectivity index (χ0v) is 15.9. The van der Waals surface area contributed by atoms with Crippen LogP contribution in [0.3, 0.4) is 0 Å². The minimum Gasteiger partial charge on any atom is -0.353 e. The van der Waals surface area contributed by atoms with Gasteiger partial charge in [-0.05, 0) is 35.9 Å². The van der Waals surface area contributed by atoms with Crippen LogP contribution in [0.2, 0.25) is 0 Å². The SMILES string of the molecule is CS(=O)(=O)Nc1ccc(/C=C/C(=O)N2CCN(c3ccccn3)CC2)cc1. The largest absolute Gasteiger partial charge is 0.353 e. The Morgan fingerprint density at radius 1 is 1.07 bits per heavy atom. The van der Waals surface area contributed by atoms with Crippen LogP contribution < -0.4 is 9.62 Å². The lowest BCUT2D eigenvalue weighted by atomic mass is 10.2.